The molecule has 3 atom stereocenters. The van der Waals surface area contributed by atoms with Gasteiger partial charge in [-0.2, -0.15) is 0 Å². The number of hydrogen-bond donors (Lipinski definition) is 1. The summed E-state index contributed by atoms with van der Waals surface area (Å²) in [7, 11) is 0. The molecule has 3 heteroatoms. The molecule has 0 saturated carbocycles. The summed E-state index contributed by atoms with van der Waals surface area (Å²) in [6, 6.07) is 11.6. The minimum atomic E-state index is 0.590. The fourth-order valence-corrected chi connectivity index (χ4v) is 3.79. The molecule has 3 unspecified atom stereocenters. The van der Waals surface area contributed by atoms with Gasteiger partial charge in [0.25, 0.3) is 0 Å². The van der Waals surface area contributed by atoms with Crippen LogP contribution in [-0.4, -0.2) is 50.3 Å². The predicted molar refractivity (Wildman–Crippen MR) is 86.6 cm³/mol. The normalized spacial score (nSPS) is 28.0. The monoisotopic (exact) mass is 288 g/mol. The Morgan fingerprint density at radius 2 is 2.14 bits per heavy atom. The molecule has 0 bridgehead atoms. The van der Waals surface area contributed by atoms with E-state index in [-0.39, 0.29) is 0 Å². The minimum Gasteiger partial charge on any atom is -0.381 e. The standard InChI is InChI=1S/C18H28N2O/c1-2-19-18(17-9-11-21-14-17)13-20-10-8-16(12-20)15-6-4-3-5-7-15/h3-7,16-19H,2,8-14H2,1H3. The maximum Gasteiger partial charge on any atom is 0.0510 e. The Balaban J connectivity index is 1.55. The zero-order valence-electron chi connectivity index (χ0n) is 13.1. The number of likely N-dealkylation sites (tertiary alicyclic amines) is 1. The van der Waals surface area contributed by atoms with Crippen LogP contribution in [0.25, 0.3) is 0 Å². The third kappa shape index (κ3) is 3.85. The SMILES string of the molecule is CCNC(CN1CCC(c2ccccc2)C1)C1CCOC1. The molecule has 0 aliphatic carbocycles. The fourth-order valence-electron chi connectivity index (χ4n) is 3.79. The predicted octanol–water partition coefficient (Wildman–Crippen LogP) is 2.49. The Bertz CT molecular complexity index is 416. The first-order valence-corrected chi connectivity index (χ1v) is 8.45. The minimum absolute atomic E-state index is 0.590. The summed E-state index contributed by atoms with van der Waals surface area (Å²) < 4.78 is 5.58. The van der Waals surface area contributed by atoms with E-state index in [1.807, 2.05) is 0 Å². The van der Waals surface area contributed by atoms with Crippen molar-refractivity contribution in [1.29, 1.82) is 0 Å². The first-order chi connectivity index (χ1) is 10.4. The van der Waals surface area contributed by atoms with Gasteiger partial charge >= 0.3 is 0 Å². The Labute approximate surface area is 128 Å². The van der Waals surface area contributed by atoms with Crippen LogP contribution in [-0.2, 0) is 4.74 Å². The highest BCUT2D eigenvalue weighted by Crippen LogP contribution is 2.28. The second kappa shape index (κ2) is 7.39. The average molecular weight is 288 g/mol. The van der Waals surface area contributed by atoms with Gasteiger partial charge in [0.05, 0.1) is 6.61 Å². The Kier molecular flexibility index (Phi) is 5.28. The highest BCUT2D eigenvalue weighted by molar-refractivity contribution is 5.21. The lowest BCUT2D eigenvalue weighted by Crippen LogP contribution is -2.45. The molecule has 2 aliphatic rings. The third-order valence-corrected chi connectivity index (χ3v) is 5.00. The van der Waals surface area contributed by atoms with Gasteiger partial charge in [-0.05, 0) is 37.4 Å². The first kappa shape index (κ1) is 15.0. The molecule has 3 nitrogen and oxygen atoms in total. The zero-order chi connectivity index (χ0) is 14.5. The van der Waals surface area contributed by atoms with Gasteiger partial charge in [-0.3, -0.25) is 0 Å². The number of nitrogens with zero attached hydrogens (tertiary/aromatic N) is 1. The van der Waals surface area contributed by atoms with Crippen LogP contribution in [0.5, 0.6) is 0 Å². The van der Waals surface area contributed by atoms with Crippen LogP contribution in [0, 0.1) is 5.92 Å². The summed E-state index contributed by atoms with van der Waals surface area (Å²) in [5.74, 6) is 1.41. The molecule has 2 saturated heterocycles. The second-order valence-corrected chi connectivity index (χ2v) is 6.44. The van der Waals surface area contributed by atoms with Gasteiger partial charge in [0.1, 0.15) is 0 Å². The van der Waals surface area contributed by atoms with Crippen molar-refractivity contribution in [2.24, 2.45) is 5.92 Å². The van der Waals surface area contributed by atoms with Crippen molar-refractivity contribution in [2.45, 2.75) is 31.7 Å². The Morgan fingerprint density at radius 3 is 2.86 bits per heavy atom. The molecular weight excluding hydrogens is 260 g/mol. The summed E-state index contributed by atoms with van der Waals surface area (Å²) in [6.45, 7) is 8.75. The van der Waals surface area contributed by atoms with E-state index in [2.05, 4.69) is 47.5 Å². The molecule has 2 aliphatic heterocycles. The molecular formula is C18H28N2O. The van der Waals surface area contributed by atoms with Gasteiger partial charge in [-0.25, -0.2) is 0 Å². The fraction of sp³-hybridized carbons (Fsp3) is 0.667. The van der Waals surface area contributed by atoms with Gasteiger partial charge in [0, 0.05) is 31.7 Å². The van der Waals surface area contributed by atoms with E-state index in [0.29, 0.717) is 17.9 Å². The molecule has 2 fully saturated rings. The quantitative estimate of drug-likeness (QED) is 0.870. The number of rotatable bonds is 6. The molecule has 1 aromatic carbocycles. The van der Waals surface area contributed by atoms with Crippen molar-refractivity contribution in [1.82, 2.24) is 10.2 Å². The summed E-state index contributed by atoms with van der Waals surface area (Å²) in [5.41, 5.74) is 1.50. The molecule has 1 N–H and O–H groups in total. The van der Waals surface area contributed by atoms with Gasteiger partial charge in [0.15, 0.2) is 0 Å². The van der Waals surface area contributed by atoms with E-state index in [1.165, 1.54) is 38.0 Å². The molecule has 116 valence electrons. The van der Waals surface area contributed by atoms with Gasteiger partial charge in [-0.1, -0.05) is 37.3 Å². The van der Waals surface area contributed by atoms with E-state index in [0.717, 1.165) is 19.8 Å². The maximum atomic E-state index is 5.58. The van der Waals surface area contributed by atoms with Gasteiger partial charge in [0.2, 0.25) is 0 Å². The summed E-state index contributed by atoms with van der Waals surface area (Å²) >= 11 is 0. The molecule has 0 spiro atoms. The van der Waals surface area contributed by atoms with E-state index >= 15 is 0 Å². The van der Waals surface area contributed by atoms with E-state index < -0.39 is 0 Å². The lowest BCUT2D eigenvalue weighted by molar-refractivity contribution is 0.166. The van der Waals surface area contributed by atoms with E-state index in [9.17, 15) is 0 Å². The molecule has 21 heavy (non-hydrogen) atoms. The largest absolute Gasteiger partial charge is 0.381 e. The Hall–Kier alpha value is -0.900. The van der Waals surface area contributed by atoms with Gasteiger partial charge < -0.3 is 15.0 Å². The van der Waals surface area contributed by atoms with Crippen LogP contribution in [0.15, 0.2) is 30.3 Å². The number of hydrogen-bond acceptors (Lipinski definition) is 3. The van der Waals surface area contributed by atoms with Crippen LogP contribution >= 0.6 is 0 Å². The highest BCUT2D eigenvalue weighted by Gasteiger charge is 2.30. The van der Waals surface area contributed by atoms with Crippen molar-refractivity contribution in [3.05, 3.63) is 35.9 Å². The zero-order valence-corrected chi connectivity index (χ0v) is 13.1. The van der Waals surface area contributed by atoms with E-state index in [1.54, 1.807) is 0 Å². The van der Waals surface area contributed by atoms with Gasteiger partial charge in [-0.15, -0.1) is 0 Å². The van der Waals surface area contributed by atoms with Crippen molar-refractivity contribution < 1.29 is 4.74 Å². The first-order valence-electron chi connectivity index (χ1n) is 8.45. The summed E-state index contributed by atoms with van der Waals surface area (Å²) in [4.78, 5) is 2.64. The Morgan fingerprint density at radius 1 is 1.29 bits per heavy atom. The number of benzene rings is 1. The molecule has 0 amide bonds. The van der Waals surface area contributed by atoms with Crippen molar-refractivity contribution in [3.63, 3.8) is 0 Å². The van der Waals surface area contributed by atoms with Crippen LogP contribution in [0.1, 0.15) is 31.2 Å². The van der Waals surface area contributed by atoms with Crippen molar-refractivity contribution >= 4 is 0 Å². The maximum absolute atomic E-state index is 5.58. The molecule has 0 radical (unpaired) electrons. The lowest BCUT2D eigenvalue weighted by Gasteiger charge is -2.28. The van der Waals surface area contributed by atoms with Crippen LogP contribution in [0.2, 0.25) is 0 Å². The van der Waals surface area contributed by atoms with E-state index in [4.69, 9.17) is 4.74 Å². The topological polar surface area (TPSA) is 24.5 Å². The summed E-state index contributed by atoms with van der Waals surface area (Å²) in [6.07, 6.45) is 2.51. The average Bonchev–Trinajstić information content (AvgIpc) is 3.19. The number of ether oxygens (including phenoxy) is 1. The van der Waals surface area contributed by atoms with Crippen molar-refractivity contribution in [3.8, 4) is 0 Å². The lowest BCUT2D eigenvalue weighted by atomic mass is 9.97. The van der Waals surface area contributed by atoms with Crippen LogP contribution in [0.3, 0.4) is 0 Å². The number of nitrogens with one attached hydrogen (secondary N) is 1. The highest BCUT2D eigenvalue weighted by atomic mass is 16.5. The molecule has 1 aromatic rings. The molecule has 3 rings (SSSR count). The second-order valence-electron chi connectivity index (χ2n) is 6.44. The third-order valence-electron chi connectivity index (χ3n) is 5.00. The summed E-state index contributed by atoms with van der Waals surface area (Å²) in [5, 5.41) is 3.68. The van der Waals surface area contributed by atoms with Crippen LogP contribution < -0.4 is 5.32 Å². The smallest absolute Gasteiger partial charge is 0.0510 e. The molecule has 2 heterocycles. The number of likely N-dealkylation sites (N-methyl/N-ethyl adjacent to an activating group) is 1. The molecule has 0 aromatic heterocycles. The van der Waals surface area contributed by atoms with Crippen molar-refractivity contribution in [2.75, 3.05) is 39.4 Å². The van der Waals surface area contributed by atoms with Crippen LogP contribution in [0.4, 0.5) is 0 Å².